The Morgan fingerprint density at radius 1 is 1.10 bits per heavy atom. The maximum Gasteiger partial charge on any atom is 0.573 e. The molecule has 2 atom stereocenters. The van der Waals surface area contributed by atoms with Crippen molar-refractivity contribution in [2.45, 2.75) is 19.3 Å². The number of aromatic carboxylic acids is 1. The van der Waals surface area contributed by atoms with Gasteiger partial charge in [-0.2, -0.15) is 0 Å². The van der Waals surface area contributed by atoms with Crippen LogP contribution >= 0.6 is 0 Å². The summed E-state index contributed by atoms with van der Waals surface area (Å²) < 4.78 is 42.7. The molecule has 2 aromatic carbocycles. The molecule has 5 rings (SSSR count). The third-order valence-electron chi connectivity index (χ3n) is 7.58. The molecule has 2 unspecified atom stereocenters. The molecule has 9 nitrogen and oxygen atoms in total. The number of aromatic nitrogens is 2. The normalized spacial score (nSPS) is 19.4. The summed E-state index contributed by atoms with van der Waals surface area (Å²) in [4.78, 5) is 30.3. The summed E-state index contributed by atoms with van der Waals surface area (Å²) in [5, 5.41) is 11.7. The maximum atomic E-state index is 12.6. The number of ether oxygens (including phenoxy) is 1. The first-order valence-corrected chi connectivity index (χ1v) is 13.8. The molecule has 0 bridgehead atoms. The Morgan fingerprint density at radius 2 is 1.79 bits per heavy atom. The number of benzene rings is 2. The minimum Gasteiger partial charge on any atom is -0.476 e. The Balaban J connectivity index is 0.000000385. The van der Waals surface area contributed by atoms with E-state index >= 15 is 0 Å². The number of alkyl halides is 3. The number of likely N-dealkylation sites (tertiary alicyclic amines) is 1. The van der Waals surface area contributed by atoms with Gasteiger partial charge in [-0.05, 0) is 54.0 Å². The van der Waals surface area contributed by atoms with E-state index in [9.17, 15) is 22.8 Å². The third kappa shape index (κ3) is 9.31. The van der Waals surface area contributed by atoms with E-state index in [1.807, 2.05) is 30.1 Å². The Labute approximate surface area is 242 Å². The van der Waals surface area contributed by atoms with Crippen LogP contribution in [0.15, 0.2) is 67.1 Å². The number of carbonyl (C=O) groups excluding carboxylic acids is 1. The summed E-state index contributed by atoms with van der Waals surface area (Å²) in [7, 11) is 3.59. The first kappa shape index (κ1) is 31.0. The molecule has 1 saturated carbocycles. The summed E-state index contributed by atoms with van der Waals surface area (Å²) in [6, 6.07) is 16.2. The van der Waals surface area contributed by atoms with E-state index in [0.717, 1.165) is 31.6 Å². The van der Waals surface area contributed by atoms with Gasteiger partial charge in [0.15, 0.2) is 5.69 Å². The second-order valence-electron chi connectivity index (χ2n) is 10.8. The number of hydrogen-bond acceptors (Lipinski definition) is 6. The average molecular weight is 588 g/mol. The number of carbonyl (C=O) groups is 2. The summed E-state index contributed by atoms with van der Waals surface area (Å²) in [6.07, 6.45) is -0.930. The van der Waals surface area contributed by atoms with Crippen molar-refractivity contribution in [1.29, 1.82) is 0 Å². The predicted molar refractivity (Wildman–Crippen MR) is 150 cm³/mol. The molecule has 2 N–H and O–H groups in total. The molecule has 3 aromatic rings. The molecule has 2 heterocycles. The van der Waals surface area contributed by atoms with Crippen LogP contribution in [0.3, 0.4) is 0 Å². The number of hydrogen-bond donors (Lipinski definition) is 2. The lowest BCUT2D eigenvalue weighted by Gasteiger charge is -2.23. The van der Waals surface area contributed by atoms with E-state index < -0.39 is 12.3 Å². The maximum absolute atomic E-state index is 12.6. The van der Waals surface area contributed by atoms with Crippen LogP contribution < -0.4 is 10.1 Å². The number of piperidine rings is 1. The van der Waals surface area contributed by atoms with E-state index in [1.54, 1.807) is 23.7 Å². The van der Waals surface area contributed by atoms with Gasteiger partial charge in [0, 0.05) is 46.5 Å². The van der Waals surface area contributed by atoms with E-state index in [2.05, 4.69) is 32.1 Å². The highest BCUT2D eigenvalue weighted by atomic mass is 19.4. The number of nitrogens with one attached hydrogen (secondary N) is 1. The van der Waals surface area contributed by atoms with Crippen molar-refractivity contribution >= 4 is 11.9 Å². The summed E-state index contributed by atoms with van der Waals surface area (Å²) in [5.41, 5.74) is 2.07. The number of carboxylic acids is 1. The van der Waals surface area contributed by atoms with Gasteiger partial charge in [0.2, 0.25) is 5.91 Å². The van der Waals surface area contributed by atoms with Crippen LogP contribution in [-0.4, -0.2) is 82.5 Å². The Morgan fingerprint density at radius 3 is 2.38 bits per heavy atom. The van der Waals surface area contributed by atoms with E-state index in [0.29, 0.717) is 37.4 Å². The summed E-state index contributed by atoms with van der Waals surface area (Å²) >= 11 is 0. The number of halogens is 3. The number of rotatable bonds is 11. The van der Waals surface area contributed by atoms with Gasteiger partial charge in [0.1, 0.15) is 5.75 Å². The highest BCUT2D eigenvalue weighted by Gasteiger charge is 2.55. The van der Waals surface area contributed by atoms with Crippen molar-refractivity contribution in [1.82, 2.24) is 24.7 Å². The van der Waals surface area contributed by atoms with Crippen LogP contribution in [0.4, 0.5) is 13.2 Å². The van der Waals surface area contributed by atoms with Crippen LogP contribution in [0.25, 0.3) is 0 Å². The van der Waals surface area contributed by atoms with Crippen LogP contribution in [0.1, 0.15) is 21.6 Å². The van der Waals surface area contributed by atoms with Gasteiger partial charge in [-0.15, -0.1) is 13.2 Å². The number of carboxylic acid groups (broad SMARTS) is 1. The molecule has 1 aliphatic heterocycles. The van der Waals surface area contributed by atoms with Crippen LogP contribution in [0.2, 0.25) is 0 Å². The van der Waals surface area contributed by atoms with Gasteiger partial charge in [0.05, 0.1) is 12.9 Å². The minimum atomic E-state index is -4.68. The highest BCUT2D eigenvalue weighted by Crippen LogP contribution is 2.51. The number of aryl methyl sites for hydroxylation is 1. The van der Waals surface area contributed by atoms with Crippen molar-refractivity contribution in [2.24, 2.45) is 24.8 Å². The zero-order valence-corrected chi connectivity index (χ0v) is 23.6. The number of imidazole rings is 1. The molecule has 0 radical (unpaired) electrons. The third-order valence-corrected chi connectivity index (χ3v) is 7.58. The molecule has 2 fully saturated rings. The monoisotopic (exact) mass is 587 g/mol. The van der Waals surface area contributed by atoms with Crippen LogP contribution in [0.5, 0.6) is 5.75 Å². The number of likely N-dealkylation sites (N-methyl/N-ethyl adjacent to an activating group) is 1. The average Bonchev–Trinajstić information content (AvgIpc) is 3.24. The van der Waals surface area contributed by atoms with Gasteiger partial charge in [-0.3, -0.25) is 9.69 Å². The summed E-state index contributed by atoms with van der Waals surface area (Å²) in [5.74, 6) is 0.735. The molecule has 12 heteroatoms. The molecule has 1 aliphatic carbocycles. The van der Waals surface area contributed by atoms with Crippen molar-refractivity contribution in [2.75, 3.05) is 39.8 Å². The van der Waals surface area contributed by atoms with Gasteiger partial charge >= 0.3 is 12.3 Å². The Hall–Kier alpha value is -3.90. The molecule has 0 spiro atoms. The fourth-order valence-electron chi connectivity index (χ4n) is 5.31. The fraction of sp³-hybridized carbons (Fsp3) is 0.433. The van der Waals surface area contributed by atoms with Crippen molar-refractivity contribution in [3.05, 3.63) is 83.9 Å². The summed E-state index contributed by atoms with van der Waals surface area (Å²) in [6.45, 7) is 4.38. The Kier molecular flexibility index (Phi) is 10.2. The lowest BCUT2D eigenvalue weighted by atomic mass is 10.1. The lowest BCUT2D eigenvalue weighted by molar-refractivity contribution is -0.274. The fourth-order valence-corrected chi connectivity index (χ4v) is 5.31. The minimum absolute atomic E-state index is 0.0810. The first-order valence-electron chi connectivity index (χ1n) is 13.8. The topological polar surface area (TPSA) is 99.9 Å². The molecule has 1 amide bonds. The standard InChI is InChI=1S/C25H30F3N3O2.C5H6N2O2/c1-30(11-10-18-6-3-2-4-7-18)24(32)17-31-15-22-21(23(22)16-31)14-29-13-19-8-5-9-20(12-19)33-25(26,27)28;1-7-2-4(5(8)9)6-3-7/h2-9,12,21-23,29H,10-11,13-17H2,1H3;2-3H,1H3,(H,8,9). The van der Waals surface area contributed by atoms with Gasteiger partial charge in [-0.25, -0.2) is 9.78 Å². The molecule has 1 saturated heterocycles. The molecule has 1 aromatic heterocycles. The number of fused-ring (bicyclic) bond motifs is 1. The largest absolute Gasteiger partial charge is 0.573 e. The predicted octanol–water partition coefficient (Wildman–Crippen LogP) is 3.67. The smallest absolute Gasteiger partial charge is 0.476 e. The molecule has 2 aliphatic rings. The second-order valence-corrected chi connectivity index (χ2v) is 10.8. The highest BCUT2D eigenvalue weighted by molar-refractivity contribution is 5.84. The van der Waals surface area contributed by atoms with E-state index in [1.165, 1.54) is 30.2 Å². The lowest BCUT2D eigenvalue weighted by Crippen LogP contribution is -2.39. The second kappa shape index (κ2) is 13.8. The van der Waals surface area contributed by atoms with Crippen molar-refractivity contribution in [3.8, 4) is 5.75 Å². The van der Waals surface area contributed by atoms with E-state index in [4.69, 9.17) is 5.11 Å². The first-order chi connectivity index (χ1) is 20.0. The number of amides is 1. The van der Waals surface area contributed by atoms with Crippen LogP contribution in [0, 0.1) is 17.8 Å². The van der Waals surface area contributed by atoms with Crippen molar-refractivity contribution in [3.63, 3.8) is 0 Å². The van der Waals surface area contributed by atoms with E-state index in [-0.39, 0.29) is 17.4 Å². The SMILES string of the molecule is CN(CCc1ccccc1)C(=O)CN1CC2C(CNCc3cccc(OC(F)(F)F)c3)C2C1.Cn1cnc(C(=O)O)c1. The van der Waals surface area contributed by atoms with Gasteiger partial charge in [0.25, 0.3) is 0 Å². The molecular formula is C30H36F3N5O4. The van der Waals surface area contributed by atoms with Crippen LogP contribution in [-0.2, 0) is 24.8 Å². The zero-order valence-electron chi connectivity index (χ0n) is 23.6. The molecule has 226 valence electrons. The number of nitrogens with zero attached hydrogens (tertiary/aromatic N) is 4. The quantitative estimate of drug-likeness (QED) is 0.353. The van der Waals surface area contributed by atoms with Crippen molar-refractivity contribution < 1.29 is 32.6 Å². The molecular weight excluding hydrogens is 551 g/mol. The Bertz CT molecular complexity index is 1320. The molecule has 42 heavy (non-hydrogen) atoms. The van der Waals surface area contributed by atoms with Gasteiger partial charge < -0.3 is 24.6 Å². The zero-order chi connectivity index (χ0) is 30.3. The van der Waals surface area contributed by atoms with Gasteiger partial charge in [-0.1, -0.05) is 42.5 Å².